The number of thiophene rings is 1. The molecule has 1 aliphatic carbocycles. The van der Waals surface area contributed by atoms with E-state index in [2.05, 4.69) is 74.4 Å². The molecule has 0 spiro atoms. The van der Waals surface area contributed by atoms with E-state index in [1.54, 1.807) is 11.3 Å². The van der Waals surface area contributed by atoms with Gasteiger partial charge in [0.1, 0.15) is 0 Å². The van der Waals surface area contributed by atoms with Crippen LogP contribution in [0.5, 0.6) is 0 Å². The summed E-state index contributed by atoms with van der Waals surface area (Å²) in [5.41, 5.74) is 2.69. The maximum Gasteiger partial charge on any atom is 0.318 e. The van der Waals surface area contributed by atoms with Gasteiger partial charge < -0.3 is 10.2 Å². The fourth-order valence-electron chi connectivity index (χ4n) is 5.36. The van der Waals surface area contributed by atoms with Gasteiger partial charge in [-0.3, -0.25) is 4.90 Å². The average molecular weight is 408 g/mol. The van der Waals surface area contributed by atoms with Crippen LogP contribution in [0.15, 0.2) is 59.3 Å². The number of amides is 2. The molecule has 0 bridgehead atoms. The summed E-state index contributed by atoms with van der Waals surface area (Å²) in [6, 6.07) is 13.8. The third kappa shape index (κ3) is 3.86. The number of urea groups is 1. The number of rotatable bonds is 4. The summed E-state index contributed by atoms with van der Waals surface area (Å²) in [5, 5.41) is 7.73. The van der Waals surface area contributed by atoms with Crippen molar-refractivity contribution in [2.75, 3.05) is 13.1 Å². The minimum atomic E-state index is 0.131. The molecule has 3 atom stereocenters. The monoisotopic (exact) mass is 407 g/mol. The number of likely N-dealkylation sites (tertiary alicyclic amines) is 1. The first-order valence-corrected chi connectivity index (χ1v) is 11.8. The van der Waals surface area contributed by atoms with Crippen molar-refractivity contribution in [1.82, 2.24) is 15.1 Å². The summed E-state index contributed by atoms with van der Waals surface area (Å²) >= 11 is 1.77. The molecule has 0 saturated carbocycles. The number of piperidine rings is 1. The van der Waals surface area contributed by atoms with Crippen molar-refractivity contribution < 1.29 is 4.79 Å². The van der Waals surface area contributed by atoms with Crippen molar-refractivity contribution >= 4 is 17.4 Å². The molecule has 2 aromatic rings. The van der Waals surface area contributed by atoms with Gasteiger partial charge in [-0.05, 0) is 53.6 Å². The number of nitrogens with one attached hydrogen (secondary N) is 1. The number of hydrogen-bond donors (Lipinski definition) is 1. The van der Waals surface area contributed by atoms with E-state index in [0.717, 1.165) is 45.3 Å². The third-order valence-corrected chi connectivity index (χ3v) is 7.54. The van der Waals surface area contributed by atoms with Crippen LogP contribution in [0.25, 0.3) is 0 Å². The van der Waals surface area contributed by atoms with Crippen molar-refractivity contribution in [3.05, 3.63) is 70.4 Å². The highest BCUT2D eigenvalue weighted by Gasteiger charge is 2.45. The zero-order valence-electron chi connectivity index (χ0n) is 16.7. The predicted molar refractivity (Wildman–Crippen MR) is 118 cm³/mol. The van der Waals surface area contributed by atoms with Crippen LogP contribution in [0.4, 0.5) is 4.79 Å². The second kappa shape index (κ2) is 8.33. The van der Waals surface area contributed by atoms with Gasteiger partial charge in [0, 0.05) is 37.6 Å². The van der Waals surface area contributed by atoms with E-state index in [-0.39, 0.29) is 18.1 Å². The molecule has 3 heterocycles. The molecular weight excluding hydrogens is 378 g/mol. The first-order valence-electron chi connectivity index (χ1n) is 10.8. The van der Waals surface area contributed by atoms with Crippen molar-refractivity contribution in [2.24, 2.45) is 5.92 Å². The van der Waals surface area contributed by atoms with Crippen LogP contribution < -0.4 is 5.32 Å². The normalized spacial score (nSPS) is 28.2. The minimum Gasteiger partial charge on any atom is -0.335 e. The molecule has 29 heavy (non-hydrogen) atoms. The standard InChI is InChI=1S/C24H29N3OS/c28-24-25-22-9-5-4-8-21(22)23(19-6-2-1-3-7-19)27(24)20-10-13-26(14-11-20)16-18-12-15-29-17-18/h1-7,12,15,17,20-23H,8-11,13-14,16H2,(H,25,28). The van der Waals surface area contributed by atoms with Crippen LogP contribution in [-0.2, 0) is 6.54 Å². The molecule has 152 valence electrons. The summed E-state index contributed by atoms with van der Waals surface area (Å²) in [7, 11) is 0. The summed E-state index contributed by atoms with van der Waals surface area (Å²) in [4.78, 5) is 18.0. The fourth-order valence-corrected chi connectivity index (χ4v) is 6.02. The van der Waals surface area contributed by atoms with Gasteiger partial charge in [0.2, 0.25) is 0 Å². The van der Waals surface area contributed by atoms with Gasteiger partial charge in [0.25, 0.3) is 0 Å². The predicted octanol–water partition coefficient (Wildman–Crippen LogP) is 4.81. The molecule has 5 heteroatoms. The molecule has 1 N–H and O–H groups in total. The Bertz CT molecular complexity index is 842. The lowest BCUT2D eigenvalue weighted by atomic mass is 9.77. The van der Waals surface area contributed by atoms with Gasteiger partial charge in [-0.2, -0.15) is 11.3 Å². The van der Waals surface area contributed by atoms with E-state index in [0.29, 0.717) is 12.0 Å². The van der Waals surface area contributed by atoms with Gasteiger partial charge in [0.05, 0.1) is 6.04 Å². The first kappa shape index (κ1) is 18.9. The largest absolute Gasteiger partial charge is 0.335 e. The first-order chi connectivity index (χ1) is 14.3. The van der Waals surface area contributed by atoms with Crippen LogP contribution in [0, 0.1) is 5.92 Å². The van der Waals surface area contributed by atoms with Gasteiger partial charge in [0.15, 0.2) is 0 Å². The summed E-state index contributed by atoms with van der Waals surface area (Å²) in [5.74, 6) is 0.448. The quantitative estimate of drug-likeness (QED) is 0.738. The van der Waals surface area contributed by atoms with Gasteiger partial charge in [-0.1, -0.05) is 42.5 Å². The number of carbonyl (C=O) groups excluding carboxylic acids is 1. The topological polar surface area (TPSA) is 35.6 Å². The molecule has 4 nitrogen and oxygen atoms in total. The maximum atomic E-state index is 13.2. The summed E-state index contributed by atoms with van der Waals surface area (Å²) in [6.07, 6.45) is 8.62. The van der Waals surface area contributed by atoms with E-state index in [1.807, 2.05) is 0 Å². The lowest BCUT2D eigenvalue weighted by Crippen LogP contribution is -2.62. The van der Waals surface area contributed by atoms with Gasteiger partial charge in [-0.25, -0.2) is 4.79 Å². The molecule has 1 aromatic carbocycles. The second-order valence-corrected chi connectivity index (χ2v) is 9.34. The van der Waals surface area contributed by atoms with Crippen molar-refractivity contribution in [2.45, 2.75) is 50.4 Å². The number of fused-ring (bicyclic) bond motifs is 1. The minimum absolute atomic E-state index is 0.131. The molecule has 1 aromatic heterocycles. The molecule has 2 amide bonds. The van der Waals surface area contributed by atoms with Gasteiger partial charge in [-0.15, -0.1) is 0 Å². The highest BCUT2D eigenvalue weighted by atomic mass is 32.1. The van der Waals surface area contributed by atoms with Crippen LogP contribution >= 0.6 is 11.3 Å². The lowest BCUT2D eigenvalue weighted by Gasteiger charge is -2.51. The average Bonchev–Trinajstić information content (AvgIpc) is 3.27. The summed E-state index contributed by atoms with van der Waals surface area (Å²) < 4.78 is 0. The highest BCUT2D eigenvalue weighted by Crippen LogP contribution is 2.42. The number of benzene rings is 1. The van der Waals surface area contributed by atoms with Crippen LogP contribution in [0.1, 0.15) is 42.9 Å². The van der Waals surface area contributed by atoms with Crippen LogP contribution in [-0.4, -0.2) is 41.0 Å². The Morgan fingerprint density at radius 1 is 1.03 bits per heavy atom. The highest BCUT2D eigenvalue weighted by molar-refractivity contribution is 7.07. The Balaban J connectivity index is 1.36. The Hall–Kier alpha value is -2.11. The van der Waals surface area contributed by atoms with E-state index in [1.165, 1.54) is 11.1 Å². The molecule has 2 aliphatic heterocycles. The number of allylic oxidation sites excluding steroid dienone is 1. The summed E-state index contributed by atoms with van der Waals surface area (Å²) in [6.45, 7) is 3.14. The zero-order valence-corrected chi connectivity index (χ0v) is 17.6. The number of carbonyl (C=O) groups is 1. The van der Waals surface area contributed by atoms with E-state index in [4.69, 9.17) is 0 Å². The van der Waals surface area contributed by atoms with E-state index >= 15 is 0 Å². The molecule has 5 rings (SSSR count). The molecule has 2 fully saturated rings. The Labute approximate surface area is 177 Å². The van der Waals surface area contributed by atoms with Crippen molar-refractivity contribution in [3.63, 3.8) is 0 Å². The van der Waals surface area contributed by atoms with E-state index < -0.39 is 0 Å². The molecule has 0 radical (unpaired) electrons. The smallest absolute Gasteiger partial charge is 0.318 e. The molecule has 3 unspecified atom stereocenters. The Morgan fingerprint density at radius 3 is 2.59 bits per heavy atom. The Kier molecular flexibility index (Phi) is 5.42. The zero-order chi connectivity index (χ0) is 19.6. The molecular formula is C24H29N3OS. The second-order valence-electron chi connectivity index (χ2n) is 8.56. The lowest BCUT2D eigenvalue weighted by molar-refractivity contribution is 0.0384. The van der Waals surface area contributed by atoms with Crippen molar-refractivity contribution in [1.29, 1.82) is 0 Å². The van der Waals surface area contributed by atoms with Crippen LogP contribution in [0.2, 0.25) is 0 Å². The third-order valence-electron chi connectivity index (χ3n) is 6.81. The molecule has 2 saturated heterocycles. The molecule has 3 aliphatic rings. The fraction of sp³-hybridized carbons (Fsp3) is 0.458. The van der Waals surface area contributed by atoms with E-state index in [9.17, 15) is 4.79 Å². The maximum absolute atomic E-state index is 13.2. The van der Waals surface area contributed by atoms with Gasteiger partial charge >= 0.3 is 6.03 Å². The SMILES string of the molecule is O=C1NC2CC=CCC2C(c2ccccc2)N1C1CCN(Cc2ccsc2)CC1. The number of nitrogens with zero attached hydrogens (tertiary/aromatic N) is 2. The Morgan fingerprint density at radius 2 is 1.83 bits per heavy atom. The van der Waals surface area contributed by atoms with Crippen molar-refractivity contribution in [3.8, 4) is 0 Å². The number of hydrogen-bond acceptors (Lipinski definition) is 3. The van der Waals surface area contributed by atoms with Crippen LogP contribution in [0.3, 0.4) is 0 Å².